The van der Waals surface area contributed by atoms with Gasteiger partial charge >= 0.3 is 0 Å². The number of ketones is 2. The molecule has 4 nitrogen and oxygen atoms in total. The topological polar surface area (TPSA) is 66.7 Å². The third-order valence-electron chi connectivity index (χ3n) is 4.33. The molecule has 1 atom stereocenters. The second-order valence-electron chi connectivity index (χ2n) is 6.32. The van der Waals surface area contributed by atoms with Crippen LogP contribution in [0.3, 0.4) is 0 Å². The molecule has 126 valence electrons. The minimum atomic E-state index is -0.657. The number of carbonyl (C=O) groups excluding carboxylic acids is 2. The summed E-state index contributed by atoms with van der Waals surface area (Å²) < 4.78 is 0. The fraction of sp³-hybridized carbons (Fsp3) is 0.526. The number of aromatic hydroxyl groups is 1. The van der Waals surface area contributed by atoms with E-state index in [4.69, 9.17) is 0 Å². The lowest BCUT2D eigenvalue weighted by atomic mass is 9.82. The molecule has 0 amide bonds. The van der Waals surface area contributed by atoms with Crippen LogP contribution in [-0.2, 0) is 16.0 Å². The summed E-state index contributed by atoms with van der Waals surface area (Å²) in [6.45, 7) is 9.04. The van der Waals surface area contributed by atoms with Crippen molar-refractivity contribution in [1.82, 2.24) is 0 Å². The zero-order valence-electron chi connectivity index (χ0n) is 14.7. The predicted molar refractivity (Wildman–Crippen MR) is 93.1 cm³/mol. The summed E-state index contributed by atoms with van der Waals surface area (Å²) in [5.74, 6) is 0.302. The lowest BCUT2D eigenvalue weighted by molar-refractivity contribution is -0.122. The summed E-state index contributed by atoms with van der Waals surface area (Å²) in [6.07, 6.45) is 1.52. The number of carbonyl (C=O) groups is 2. The summed E-state index contributed by atoms with van der Waals surface area (Å²) >= 11 is 0. The van der Waals surface area contributed by atoms with Crippen molar-refractivity contribution in [3.8, 4) is 5.75 Å². The molecular formula is C19H27NO3. The van der Waals surface area contributed by atoms with E-state index in [9.17, 15) is 14.7 Å². The maximum Gasteiger partial charge on any atom is 0.157 e. The summed E-state index contributed by atoms with van der Waals surface area (Å²) in [7, 11) is 0. The van der Waals surface area contributed by atoms with E-state index >= 15 is 0 Å². The Hall–Kier alpha value is -1.97. The minimum absolute atomic E-state index is 0.0467. The Morgan fingerprint density at radius 2 is 1.70 bits per heavy atom. The quantitative estimate of drug-likeness (QED) is 0.743. The Labute approximate surface area is 138 Å². The van der Waals surface area contributed by atoms with Gasteiger partial charge in [-0.25, -0.2) is 0 Å². The zero-order valence-corrected chi connectivity index (χ0v) is 14.7. The molecule has 0 fully saturated rings. The molecule has 1 rings (SSSR count). The molecule has 0 saturated heterocycles. The average Bonchev–Trinajstić information content (AvgIpc) is 2.52. The Balaban J connectivity index is 3.15. The average molecular weight is 317 g/mol. The lowest BCUT2D eigenvalue weighted by Crippen LogP contribution is -2.34. The van der Waals surface area contributed by atoms with Gasteiger partial charge < -0.3 is 5.11 Å². The van der Waals surface area contributed by atoms with Crippen molar-refractivity contribution in [3.05, 3.63) is 29.8 Å². The van der Waals surface area contributed by atoms with Gasteiger partial charge in [0.15, 0.2) is 5.78 Å². The van der Waals surface area contributed by atoms with Crippen LogP contribution in [-0.4, -0.2) is 28.4 Å². The first-order valence-corrected chi connectivity index (χ1v) is 8.11. The van der Waals surface area contributed by atoms with Gasteiger partial charge in [0.1, 0.15) is 17.6 Å². The Bertz CT molecular complexity index is 585. The van der Waals surface area contributed by atoms with Crippen molar-refractivity contribution in [2.45, 2.75) is 59.9 Å². The predicted octanol–water partition coefficient (Wildman–Crippen LogP) is 3.75. The number of hydrogen-bond donors (Lipinski definition) is 1. The third-order valence-corrected chi connectivity index (χ3v) is 4.33. The van der Waals surface area contributed by atoms with Gasteiger partial charge in [0, 0.05) is 18.6 Å². The number of aliphatic imine (C=N–C) groups is 1. The zero-order chi connectivity index (χ0) is 17.6. The largest absolute Gasteiger partial charge is 0.508 e. The smallest absolute Gasteiger partial charge is 0.157 e. The van der Waals surface area contributed by atoms with Crippen molar-refractivity contribution in [3.63, 3.8) is 0 Å². The molecule has 0 radical (unpaired) electrons. The van der Waals surface area contributed by atoms with Gasteiger partial charge in [0.2, 0.25) is 0 Å². The molecule has 0 spiro atoms. The van der Waals surface area contributed by atoms with Gasteiger partial charge in [0.05, 0.1) is 5.41 Å². The highest BCUT2D eigenvalue weighted by Crippen LogP contribution is 2.23. The molecule has 4 heteroatoms. The van der Waals surface area contributed by atoms with Crippen LogP contribution in [0.4, 0.5) is 0 Å². The number of nitrogens with zero attached hydrogens (tertiary/aromatic N) is 1. The van der Waals surface area contributed by atoms with Crippen LogP contribution < -0.4 is 0 Å². The van der Waals surface area contributed by atoms with Gasteiger partial charge in [-0.05, 0) is 44.9 Å². The molecule has 23 heavy (non-hydrogen) atoms. The number of rotatable bonds is 8. The van der Waals surface area contributed by atoms with Crippen molar-refractivity contribution in [2.75, 3.05) is 0 Å². The number of phenols is 1. The molecule has 0 aliphatic carbocycles. The highest BCUT2D eigenvalue weighted by molar-refractivity contribution is 6.08. The summed E-state index contributed by atoms with van der Waals surface area (Å²) in [5.41, 5.74) is 1.04. The fourth-order valence-corrected chi connectivity index (χ4v) is 2.41. The summed E-state index contributed by atoms with van der Waals surface area (Å²) in [5, 5.41) is 9.37. The van der Waals surface area contributed by atoms with E-state index < -0.39 is 11.5 Å². The fourth-order valence-electron chi connectivity index (χ4n) is 2.41. The molecule has 1 aromatic rings. The number of phenolic OH excluding ortho intramolecular Hbond substituents is 1. The highest BCUT2D eigenvalue weighted by atomic mass is 16.3. The molecule has 1 N–H and O–H groups in total. The lowest BCUT2D eigenvalue weighted by Gasteiger charge is -2.25. The normalized spacial score (nSPS) is 13.7. The first-order chi connectivity index (χ1) is 10.7. The molecule has 0 aromatic heterocycles. The molecule has 1 aromatic carbocycles. The monoisotopic (exact) mass is 317 g/mol. The maximum absolute atomic E-state index is 12.3. The van der Waals surface area contributed by atoms with Crippen molar-refractivity contribution in [1.29, 1.82) is 0 Å². The van der Waals surface area contributed by atoms with Gasteiger partial charge in [-0.3, -0.25) is 14.6 Å². The second kappa shape index (κ2) is 8.04. The Morgan fingerprint density at radius 3 is 2.13 bits per heavy atom. The van der Waals surface area contributed by atoms with Crippen LogP contribution in [0.25, 0.3) is 0 Å². The van der Waals surface area contributed by atoms with Crippen LogP contribution in [0.1, 0.15) is 53.0 Å². The van der Waals surface area contributed by atoms with Crippen LogP contribution in [0.2, 0.25) is 0 Å². The van der Waals surface area contributed by atoms with E-state index in [1.54, 1.807) is 31.2 Å². The number of Topliss-reactive ketones (excluding diaryl/α,β-unsaturated/α-hetero) is 2. The standard InChI is InChI=1S/C19H27NO3/c1-6-17(23)16(12-14-8-10-15(22)11-9-14)20-18(7-2)19(4,5)13(3)21/h8-11,16,22H,6-7,12H2,1-5H3/t16-/m0/s1. The Morgan fingerprint density at radius 1 is 1.13 bits per heavy atom. The molecule has 0 heterocycles. The van der Waals surface area contributed by atoms with Crippen LogP contribution >= 0.6 is 0 Å². The number of benzene rings is 1. The van der Waals surface area contributed by atoms with E-state index in [1.807, 2.05) is 27.7 Å². The molecular weight excluding hydrogens is 290 g/mol. The van der Waals surface area contributed by atoms with E-state index in [0.29, 0.717) is 19.3 Å². The van der Waals surface area contributed by atoms with E-state index in [0.717, 1.165) is 11.3 Å². The van der Waals surface area contributed by atoms with Gasteiger partial charge in [-0.1, -0.05) is 26.0 Å². The van der Waals surface area contributed by atoms with Gasteiger partial charge in [-0.2, -0.15) is 0 Å². The molecule has 0 bridgehead atoms. The van der Waals surface area contributed by atoms with Gasteiger partial charge in [0.25, 0.3) is 0 Å². The van der Waals surface area contributed by atoms with Crippen LogP contribution in [0.5, 0.6) is 5.75 Å². The molecule has 0 saturated carbocycles. The maximum atomic E-state index is 12.3. The van der Waals surface area contributed by atoms with Crippen LogP contribution in [0.15, 0.2) is 29.3 Å². The number of hydrogen-bond acceptors (Lipinski definition) is 4. The second-order valence-corrected chi connectivity index (χ2v) is 6.32. The SMILES string of the molecule is CCC(=O)[C@H](Cc1ccc(O)cc1)N=C(CC)C(C)(C)C(C)=O. The minimum Gasteiger partial charge on any atom is -0.508 e. The van der Waals surface area contributed by atoms with Gasteiger partial charge in [-0.15, -0.1) is 0 Å². The molecule has 0 aliphatic heterocycles. The van der Waals surface area contributed by atoms with E-state index in [2.05, 4.69) is 4.99 Å². The summed E-state index contributed by atoms with van der Waals surface area (Å²) in [6, 6.07) is 6.31. The van der Waals surface area contributed by atoms with Crippen molar-refractivity contribution >= 4 is 17.3 Å². The highest BCUT2D eigenvalue weighted by Gasteiger charge is 2.30. The third kappa shape index (κ3) is 5.02. The van der Waals surface area contributed by atoms with Crippen molar-refractivity contribution in [2.24, 2.45) is 10.4 Å². The van der Waals surface area contributed by atoms with Crippen molar-refractivity contribution < 1.29 is 14.7 Å². The first-order valence-electron chi connectivity index (χ1n) is 8.11. The molecule has 0 aliphatic rings. The summed E-state index contributed by atoms with van der Waals surface area (Å²) in [4.78, 5) is 28.8. The molecule has 0 unspecified atom stereocenters. The van der Waals surface area contributed by atoms with E-state index in [1.165, 1.54) is 0 Å². The Kier molecular flexibility index (Phi) is 6.67. The first kappa shape index (κ1) is 19.1. The van der Waals surface area contributed by atoms with Crippen LogP contribution in [0, 0.1) is 5.41 Å². The van der Waals surface area contributed by atoms with E-state index in [-0.39, 0.29) is 17.3 Å².